The average Bonchev–Trinajstić information content (AvgIpc) is 2.98. The summed E-state index contributed by atoms with van der Waals surface area (Å²) >= 11 is 1.26. The van der Waals surface area contributed by atoms with E-state index in [1.807, 2.05) is 0 Å². The van der Waals surface area contributed by atoms with Crippen molar-refractivity contribution < 1.29 is 23.1 Å². The fourth-order valence-electron chi connectivity index (χ4n) is 1.78. The zero-order chi connectivity index (χ0) is 15.5. The second kappa shape index (κ2) is 5.87. The molecule has 1 unspecified atom stereocenters. The molecule has 3 nitrogen and oxygen atoms in total. The molecule has 1 heterocycles. The third-order valence-corrected chi connectivity index (χ3v) is 3.69. The summed E-state index contributed by atoms with van der Waals surface area (Å²) in [6.07, 6.45) is -4.91. The predicted molar refractivity (Wildman–Crippen MR) is 73.0 cm³/mol. The van der Waals surface area contributed by atoms with Crippen LogP contribution in [0.15, 0.2) is 47.2 Å². The molecule has 0 saturated carbocycles. The van der Waals surface area contributed by atoms with Gasteiger partial charge in [0.2, 0.25) is 5.60 Å². The number of amides is 1. The van der Waals surface area contributed by atoms with Crippen LogP contribution in [0, 0.1) is 0 Å². The molecular weight excluding hydrogens is 303 g/mol. The second-order valence-corrected chi connectivity index (χ2v) is 5.20. The number of carbonyl (C=O) groups excluding carboxylic acids is 1. The van der Waals surface area contributed by atoms with Crippen LogP contribution in [0.25, 0.3) is 0 Å². The van der Waals surface area contributed by atoms with Gasteiger partial charge in [-0.1, -0.05) is 30.3 Å². The van der Waals surface area contributed by atoms with Gasteiger partial charge in [0.25, 0.3) is 5.91 Å². The molecule has 0 spiro atoms. The molecule has 0 saturated heterocycles. The van der Waals surface area contributed by atoms with Crippen molar-refractivity contribution in [1.29, 1.82) is 0 Å². The van der Waals surface area contributed by atoms with E-state index < -0.39 is 24.2 Å². The van der Waals surface area contributed by atoms with Crippen molar-refractivity contribution in [2.45, 2.75) is 11.8 Å². The van der Waals surface area contributed by atoms with Crippen LogP contribution in [-0.4, -0.2) is 23.7 Å². The van der Waals surface area contributed by atoms with Crippen LogP contribution in [0.1, 0.15) is 15.9 Å². The largest absolute Gasteiger partial charge is 0.423 e. The maximum absolute atomic E-state index is 13.2. The van der Waals surface area contributed by atoms with Crippen LogP contribution in [0.5, 0.6) is 0 Å². The van der Waals surface area contributed by atoms with Gasteiger partial charge in [0, 0.05) is 10.9 Å². The number of hydrogen-bond acceptors (Lipinski definition) is 3. The van der Waals surface area contributed by atoms with E-state index in [2.05, 4.69) is 5.32 Å². The normalized spacial score (nSPS) is 14.5. The summed E-state index contributed by atoms with van der Waals surface area (Å²) in [7, 11) is 0. The first-order chi connectivity index (χ1) is 9.84. The lowest BCUT2D eigenvalue weighted by molar-refractivity contribution is -0.263. The molecule has 2 N–H and O–H groups in total. The fraction of sp³-hybridized carbons (Fsp3) is 0.214. The monoisotopic (exact) mass is 315 g/mol. The van der Waals surface area contributed by atoms with Crippen molar-refractivity contribution >= 4 is 17.2 Å². The molecule has 0 aliphatic carbocycles. The minimum atomic E-state index is -4.91. The van der Waals surface area contributed by atoms with E-state index in [0.717, 1.165) is 0 Å². The highest BCUT2D eigenvalue weighted by molar-refractivity contribution is 7.08. The summed E-state index contributed by atoms with van der Waals surface area (Å²) in [5.74, 6) is -0.658. The maximum atomic E-state index is 13.2. The van der Waals surface area contributed by atoms with Crippen LogP contribution < -0.4 is 5.32 Å². The number of rotatable bonds is 4. The Bertz CT molecular complexity index is 598. The van der Waals surface area contributed by atoms with E-state index in [1.165, 1.54) is 47.0 Å². The van der Waals surface area contributed by atoms with E-state index >= 15 is 0 Å². The summed E-state index contributed by atoms with van der Waals surface area (Å²) in [5, 5.41) is 15.3. The summed E-state index contributed by atoms with van der Waals surface area (Å²) in [5.41, 5.74) is -3.18. The lowest BCUT2D eigenvalue weighted by Crippen LogP contribution is -2.51. The van der Waals surface area contributed by atoms with Gasteiger partial charge in [0.15, 0.2) is 0 Å². The molecule has 0 fully saturated rings. The minimum absolute atomic E-state index is 0.262. The van der Waals surface area contributed by atoms with Crippen molar-refractivity contribution in [1.82, 2.24) is 5.32 Å². The van der Waals surface area contributed by atoms with Crippen molar-refractivity contribution in [2.24, 2.45) is 0 Å². The first-order valence-corrected chi connectivity index (χ1v) is 6.94. The Kier molecular flexibility index (Phi) is 4.34. The Hall–Kier alpha value is -1.86. The summed E-state index contributed by atoms with van der Waals surface area (Å²) in [6.45, 7) is -0.949. The molecule has 2 aromatic rings. The van der Waals surface area contributed by atoms with E-state index in [0.29, 0.717) is 0 Å². The number of benzene rings is 1. The number of halogens is 3. The Morgan fingerprint density at radius 3 is 2.38 bits per heavy atom. The molecule has 21 heavy (non-hydrogen) atoms. The zero-order valence-electron chi connectivity index (χ0n) is 10.7. The quantitative estimate of drug-likeness (QED) is 0.911. The molecule has 0 aliphatic rings. The minimum Gasteiger partial charge on any atom is -0.375 e. The van der Waals surface area contributed by atoms with Crippen LogP contribution in [-0.2, 0) is 5.60 Å². The number of carbonyl (C=O) groups is 1. The molecule has 2 rings (SSSR count). The highest BCUT2D eigenvalue weighted by atomic mass is 32.1. The van der Waals surface area contributed by atoms with Gasteiger partial charge in [-0.15, -0.1) is 0 Å². The fourth-order valence-corrected chi connectivity index (χ4v) is 2.42. The highest BCUT2D eigenvalue weighted by Crippen LogP contribution is 2.38. The van der Waals surface area contributed by atoms with E-state index in [1.54, 1.807) is 11.4 Å². The van der Waals surface area contributed by atoms with Gasteiger partial charge in [-0.05, 0) is 17.0 Å². The van der Waals surface area contributed by atoms with Gasteiger partial charge in [0.05, 0.1) is 6.54 Å². The van der Waals surface area contributed by atoms with E-state index in [4.69, 9.17) is 0 Å². The smallest absolute Gasteiger partial charge is 0.375 e. The summed E-state index contributed by atoms with van der Waals surface area (Å²) in [4.78, 5) is 11.7. The molecule has 112 valence electrons. The Morgan fingerprint density at radius 1 is 1.19 bits per heavy atom. The number of hydrogen-bond donors (Lipinski definition) is 2. The summed E-state index contributed by atoms with van der Waals surface area (Å²) in [6, 6.07) is 8.17. The third-order valence-electron chi connectivity index (χ3n) is 3.01. The van der Waals surface area contributed by atoms with Crippen molar-refractivity contribution in [3.05, 3.63) is 58.3 Å². The number of aliphatic hydroxyl groups is 1. The standard InChI is InChI=1S/C14H12F3NO2S/c15-14(16,17)13(20,11-4-2-1-3-5-11)9-18-12(19)10-6-7-21-8-10/h1-8,20H,9H2,(H,18,19). The Labute approximate surface area is 123 Å². The number of alkyl halides is 3. The molecule has 7 heteroatoms. The van der Waals surface area contributed by atoms with Gasteiger partial charge in [-0.3, -0.25) is 4.79 Å². The molecule has 1 amide bonds. The first kappa shape index (κ1) is 15.5. The maximum Gasteiger partial charge on any atom is 0.423 e. The predicted octanol–water partition coefficient (Wildman–Crippen LogP) is 2.93. The van der Waals surface area contributed by atoms with Gasteiger partial charge in [0.1, 0.15) is 0 Å². The number of nitrogens with one attached hydrogen (secondary N) is 1. The van der Waals surface area contributed by atoms with Crippen molar-refractivity contribution in [3.63, 3.8) is 0 Å². The van der Waals surface area contributed by atoms with Crippen LogP contribution in [0.3, 0.4) is 0 Å². The van der Waals surface area contributed by atoms with Gasteiger partial charge < -0.3 is 10.4 Å². The molecule has 0 aliphatic heterocycles. The average molecular weight is 315 g/mol. The van der Waals surface area contributed by atoms with E-state index in [9.17, 15) is 23.1 Å². The van der Waals surface area contributed by atoms with Gasteiger partial charge in [-0.2, -0.15) is 24.5 Å². The molecule has 0 bridgehead atoms. The topological polar surface area (TPSA) is 49.3 Å². The van der Waals surface area contributed by atoms with Crippen molar-refractivity contribution in [2.75, 3.05) is 6.54 Å². The highest BCUT2D eigenvalue weighted by Gasteiger charge is 2.55. The van der Waals surface area contributed by atoms with Gasteiger partial charge >= 0.3 is 6.18 Å². The number of thiophene rings is 1. The second-order valence-electron chi connectivity index (χ2n) is 4.42. The van der Waals surface area contributed by atoms with Crippen LogP contribution in [0.2, 0.25) is 0 Å². The van der Waals surface area contributed by atoms with Crippen LogP contribution in [0.4, 0.5) is 13.2 Å². The van der Waals surface area contributed by atoms with E-state index in [-0.39, 0.29) is 11.1 Å². The van der Waals surface area contributed by atoms with Gasteiger partial charge in [-0.25, -0.2) is 0 Å². The third kappa shape index (κ3) is 3.25. The molecule has 1 aromatic heterocycles. The van der Waals surface area contributed by atoms with Crippen LogP contribution >= 0.6 is 11.3 Å². The first-order valence-electron chi connectivity index (χ1n) is 5.99. The molecule has 0 radical (unpaired) electrons. The molecule has 1 aromatic carbocycles. The Morgan fingerprint density at radius 2 is 1.86 bits per heavy atom. The lowest BCUT2D eigenvalue weighted by atomic mass is 9.93. The molecule has 1 atom stereocenters. The molecular formula is C14H12F3NO2S. The Balaban J connectivity index is 2.20. The van der Waals surface area contributed by atoms with Crippen molar-refractivity contribution in [3.8, 4) is 0 Å². The zero-order valence-corrected chi connectivity index (χ0v) is 11.5. The lowest BCUT2D eigenvalue weighted by Gasteiger charge is -2.31. The SMILES string of the molecule is O=C(NCC(O)(c1ccccc1)C(F)(F)F)c1ccsc1. The summed E-state index contributed by atoms with van der Waals surface area (Å²) < 4.78 is 39.6.